The standard InChI is InChI=1S/C16H16O4/c1-12(16(17)18-2)19-14-9-6-10-15(11-14)20-13-7-4-3-5-8-13/h3-12H,1-2H3/t12-/m1/s1. The zero-order valence-corrected chi connectivity index (χ0v) is 11.4. The summed E-state index contributed by atoms with van der Waals surface area (Å²) >= 11 is 0. The Balaban J connectivity index is 2.06. The van der Waals surface area contributed by atoms with Crippen LogP contribution < -0.4 is 9.47 Å². The van der Waals surface area contributed by atoms with Gasteiger partial charge in [-0.25, -0.2) is 4.79 Å². The number of carbonyl (C=O) groups is 1. The van der Waals surface area contributed by atoms with Gasteiger partial charge >= 0.3 is 5.97 Å². The van der Waals surface area contributed by atoms with Gasteiger partial charge in [0, 0.05) is 6.07 Å². The van der Waals surface area contributed by atoms with Gasteiger partial charge in [0.15, 0.2) is 6.10 Å². The van der Waals surface area contributed by atoms with Crippen molar-refractivity contribution in [3.8, 4) is 17.2 Å². The molecule has 104 valence electrons. The summed E-state index contributed by atoms with van der Waals surface area (Å²) in [6, 6.07) is 16.6. The number of carbonyl (C=O) groups excluding carboxylic acids is 1. The van der Waals surface area contributed by atoms with E-state index in [4.69, 9.17) is 9.47 Å². The molecule has 0 unspecified atom stereocenters. The largest absolute Gasteiger partial charge is 0.479 e. The van der Waals surface area contributed by atoms with Crippen molar-refractivity contribution in [3.05, 3.63) is 54.6 Å². The zero-order chi connectivity index (χ0) is 14.4. The quantitative estimate of drug-likeness (QED) is 0.782. The molecule has 0 saturated heterocycles. The monoisotopic (exact) mass is 272 g/mol. The SMILES string of the molecule is COC(=O)[C@@H](C)Oc1cccc(Oc2ccccc2)c1. The lowest BCUT2D eigenvalue weighted by molar-refractivity contribution is -0.147. The topological polar surface area (TPSA) is 44.8 Å². The van der Waals surface area contributed by atoms with E-state index in [1.807, 2.05) is 36.4 Å². The summed E-state index contributed by atoms with van der Waals surface area (Å²) < 4.78 is 15.8. The van der Waals surface area contributed by atoms with Crippen molar-refractivity contribution in [2.45, 2.75) is 13.0 Å². The molecule has 2 rings (SSSR count). The molecule has 0 saturated carbocycles. The van der Waals surface area contributed by atoms with E-state index < -0.39 is 12.1 Å². The fourth-order valence-corrected chi connectivity index (χ4v) is 1.65. The number of esters is 1. The lowest BCUT2D eigenvalue weighted by Gasteiger charge is -2.13. The van der Waals surface area contributed by atoms with Crippen LogP contribution in [0.1, 0.15) is 6.92 Å². The molecule has 1 atom stereocenters. The van der Waals surface area contributed by atoms with Gasteiger partial charge in [-0.1, -0.05) is 24.3 Å². The van der Waals surface area contributed by atoms with Crippen LogP contribution in [0.2, 0.25) is 0 Å². The lowest BCUT2D eigenvalue weighted by Crippen LogP contribution is -2.24. The van der Waals surface area contributed by atoms with Crippen LogP contribution in [0.15, 0.2) is 54.6 Å². The Morgan fingerprint density at radius 1 is 0.950 bits per heavy atom. The second-order valence-corrected chi connectivity index (χ2v) is 4.17. The summed E-state index contributed by atoms with van der Waals surface area (Å²) in [6.07, 6.45) is -0.660. The molecule has 4 nitrogen and oxygen atoms in total. The maximum Gasteiger partial charge on any atom is 0.346 e. The van der Waals surface area contributed by atoms with Crippen molar-refractivity contribution in [1.29, 1.82) is 0 Å². The summed E-state index contributed by atoms with van der Waals surface area (Å²) in [7, 11) is 1.33. The molecule has 20 heavy (non-hydrogen) atoms. The maximum absolute atomic E-state index is 11.3. The third-order valence-corrected chi connectivity index (χ3v) is 2.63. The van der Waals surface area contributed by atoms with Gasteiger partial charge in [-0.15, -0.1) is 0 Å². The molecule has 0 fully saturated rings. The summed E-state index contributed by atoms with van der Waals surface area (Å²) in [6.45, 7) is 1.64. The average molecular weight is 272 g/mol. The molecule has 0 N–H and O–H groups in total. The zero-order valence-electron chi connectivity index (χ0n) is 11.4. The minimum absolute atomic E-state index is 0.417. The first kappa shape index (κ1) is 13.9. The molecular formula is C16H16O4. The predicted molar refractivity (Wildman–Crippen MR) is 75.1 cm³/mol. The molecule has 2 aromatic carbocycles. The molecule has 0 bridgehead atoms. The molecule has 0 radical (unpaired) electrons. The molecule has 0 heterocycles. The summed E-state index contributed by atoms with van der Waals surface area (Å²) in [5.41, 5.74) is 0. The number of para-hydroxylation sites is 1. The van der Waals surface area contributed by atoms with Crippen LogP contribution >= 0.6 is 0 Å². The van der Waals surface area contributed by atoms with E-state index in [9.17, 15) is 4.79 Å². The van der Waals surface area contributed by atoms with Crippen molar-refractivity contribution < 1.29 is 19.0 Å². The lowest BCUT2D eigenvalue weighted by atomic mass is 10.3. The van der Waals surface area contributed by atoms with Crippen LogP contribution in [0, 0.1) is 0 Å². The number of hydrogen-bond donors (Lipinski definition) is 0. The van der Waals surface area contributed by atoms with E-state index in [1.165, 1.54) is 7.11 Å². The third kappa shape index (κ3) is 3.75. The van der Waals surface area contributed by atoms with Crippen LogP contribution in [-0.4, -0.2) is 19.2 Å². The summed E-state index contributed by atoms with van der Waals surface area (Å²) in [4.78, 5) is 11.3. The van der Waals surface area contributed by atoms with Gasteiger partial charge in [-0.05, 0) is 31.2 Å². The first-order valence-electron chi connectivity index (χ1n) is 6.26. The highest BCUT2D eigenvalue weighted by molar-refractivity contribution is 5.74. The van der Waals surface area contributed by atoms with Crippen molar-refractivity contribution in [3.63, 3.8) is 0 Å². The maximum atomic E-state index is 11.3. The van der Waals surface area contributed by atoms with Gasteiger partial charge in [-0.2, -0.15) is 0 Å². The van der Waals surface area contributed by atoms with Crippen LogP contribution in [0.25, 0.3) is 0 Å². The normalized spacial score (nSPS) is 11.5. The molecule has 0 aliphatic heterocycles. The predicted octanol–water partition coefficient (Wildman–Crippen LogP) is 3.42. The van der Waals surface area contributed by atoms with E-state index in [-0.39, 0.29) is 0 Å². The minimum Gasteiger partial charge on any atom is -0.479 e. The van der Waals surface area contributed by atoms with Crippen LogP contribution in [0.5, 0.6) is 17.2 Å². The Hall–Kier alpha value is -2.49. The number of methoxy groups -OCH3 is 1. The fourth-order valence-electron chi connectivity index (χ4n) is 1.65. The Morgan fingerprint density at radius 3 is 2.30 bits per heavy atom. The first-order chi connectivity index (χ1) is 9.69. The summed E-state index contributed by atoms with van der Waals surface area (Å²) in [5.74, 6) is 1.52. The Kier molecular flexibility index (Phi) is 4.60. The smallest absolute Gasteiger partial charge is 0.346 e. The van der Waals surface area contributed by atoms with Crippen molar-refractivity contribution in [1.82, 2.24) is 0 Å². The Labute approximate surface area is 117 Å². The Morgan fingerprint density at radius 2 is 1.60 bits per heavy atom. The van der Waals surface area contributed by atoms with Gasteiger partial charge in [-0.3, -0.25) is 0 Å². The van der Waals surface area contributed by atoms with E-state index in [1.54, 1.807) is 25.1 Å². The third-order valence-electron chi connectivity index (χ3n) is 2.63. The molecule has 0 aliphatic carbocycles. The van der Waals surface area contributed by atoms with E-state index in [0.717, 1.165) is 5.75 Å². The molecule has 0 spiro atoms. The van der Waals surface area contributed by atoms with Gasteiger partial charge in [0.2, 0.25) is 0 Å². The molecule has 0 amide bonds. The highest BCUT2D eigenvalue weighted by Gasteiger charge is 2.14. The number of ether oxygens (including phenoxy) is 3. The van der Waals surface area contributed by atoms with Crippen LogP contribution in [0.4, 0.5) is 0 Å². The molecule has 0 aliphatic rings. The van der Waals surface area contributed by atoms with E-state index >= 15 is 0 Å². The molecule has 0 aromatic heterocycles. The van der Waals surface area contributed by atoms with Gasteiger partial charge in [0.25, 0.3) is 0 Å². The van der Waals surface area contributed by atoms with Crippen molar-refractivity contribution >= 4 is 5.97 Å². The number of hydrogen-bond acceptors (Lipinski definition) is 4. The van der Waals surface area contributed by atoms with Gasteiger partial charge in [0.05, 0.1) is 7.11 Å². The number of rotatable bonds is 5. The summed E-state index contributed by atoms with van der Waals surface area (Å²) in [5, 5.41) is 0. The molecular weight excluding hydrogens is 256 g/mol. The van der Waals surface area contributed by atoms with Gasteiger partial charge < -0.3 is 14.2 Å². The molecule has 2 aromatic rings. The van der Waals surface area contributed by atoms with E-state index in [0.29, 0.717) is 11.5 Å². The average Bonchev–Trinajstić information content (AvgIpc) is 2.47. The van der Waals surface area contributed by atoms with E-state index in [2.05, 4.69) is 4.74 Å². The van der Waals surface area contributed by atoms with Gasteiger partial charge in [0.1, 0.15) is 17.2 Å². The Bertz CT molecular complexity index is 566. The second-order valence-electron chi connectivity index (χ2n) is 4.17. The fraction of sp³-hybridized carbons (Fsp3) is 0.188. The highest BCUT2D eigenvalue weighted by Crippen LogP contribution is 2.25. The van der Waals surface area contributed by atoms with Crippen molar-refractivity contribution in [2.75, 3.05) is 7.11 Å². The van der Waals surface area contributed by atoms with Crippen LogP contribution in [-0.2, 0) is 9.53 Å². The highest BCUT2D eigenvalue weighted by atomic mass is 16.6. The first-order valence-corrected chi connectivity index (χ1v) is 6.26. The second kappa shape index (κ2) is 6.61. The van der Waals surface area contributed by atoms with Crippen LogP contribution in [0.3, 0.4) is 0 Å². The molecule has 4 heteroatoms. The minimum atomic E-state index is -0.660. The van der Waals surface area contributed by atoms with Crippen molar-refractivity contribution in [2.24, 2.45) is 0 Å². The number of benzene rings is 2.